The van der Waals surface area contributed by atoms with Gasteiger partial charge in [0, 0.05) is 0 Å². The SMILES string of the molecule is CNC(CC(=O)O)C(=O)c1cc(C(C)C)ccc1OC. The third-order valence-corrected chi connectivity index (χ3v) is 3.20. The number of carboxylic acids is 1. The minimum atomic E-state index is -1.02. The average Bonchev–Trinajstić information content (AvgIpc) is 2.42. The van der Waals surface area contributed by atoms with Crippen LogP contribution in [0.5, 0.6) is 5.75 Å². The fraction of sp³-hybridized carbons (Fsp3) is 0.467. The summed E-state index contributed by atoms with van der Waals surface area (Å²) < 4.78 is 5.20. The summed E-state index contributed by atoms with van der Waals surface area (Å²) in [5.41, 5.74) is 1.43. The Bertz CT molecular complexity index is 497. The predicted octanol–water partition coefficient (Wildman–Crippen LogP) is 2.06. The second-order valence-electron chi connectivity index (χ2n) is 4.92. The van der Waals surface area contributed by atoms with Crippen LogP contribution >= 0.6 is 0 Å². The molecule has 0 spiro atoms. The zero-order valence-electron chi connectivity index (χ0n) is 12.3. The Morgan fingerprint density at radius 1 is 1.35 bits per heavy atom. The molecule has 0 fully saturated rings. The van der Waals surface area contributed by atoms with E-state index in [0.717, 1.165) is 5.56 Å². The first-order valence-corrected chi connectivity index (χ1v) is 6.51. The van der Waals surface area contributed by atoms with Crippen LogP contribution in [-0.4, -0.2) is 37.1 Å². The van der Waals surface area contributed by atoms with Gasteiger partial charge in [0.2, 0.25) is 0 Å². The number of carboxylic acid groups (broad SMARTS) is 1. The second kappa shape index (κ2) is 7.05. The molecule has 5 heteroatoms. The lowest BCUT2D eigenvalue weighted by molar-refractivity contribution is -0.137. The van der Waals surface area contributed by atoms with Gasteiger partial charge in [0.25, 0.3) is 0 Å². The maximum atomic E-state index is 12.5. The first-order chi connectivity index (χ1) is 9.40. The Morgan fingerprint density at radius 3 is 2.45 bits per heavy atom. The van der Waals surface area contributed by atoms with Gasteiger partial charge in [0.05, 0.1) is 25.1 Å². The molecule has 0 aliphatic rings. The zero-order valence-corrected chi connectivity index (χ0v) is 12.3. The molecule has 5 nitrogen and oxygen atoms in total. The van der Waals surface area contributed by atoms with Crippen LogP contribution in [-0.2, 0) is 4.79 Å². The number of carbonyl (C=O) groups excluding carboxylic acids is 1. The molecular formula is C15H21NO4. The van der Waals surface area contributed by atoms with Gasteiger partial charge in [-0.25, -0.2) is 0 Å². The maximum Gasteiger partial charge on any atom is 0.305 e. The van der Waals surface area contributed by atoms with Gasteiger partial charge in [-0.1, -0.05) is 19.9 Å². The van der Waals surface area contributed by atoms with Crippen molar-refractivity contribution in [2.45, 2.75) is 32.2 Å². The van der Waals surface area contributed by atoms with E-state index >= 15 is 0 Å². The van der Waals surface area contributed by atoms with E-state index in [4.69, 9.17) is 9.84 Å². The van der Waals surface area contributed by atoms with Crippen LogP contribution < -0.4 is 10.1 Å². The Morgan fingerprint density at radius 2 is 2.00 bits per heavy atom. The summed E-state index contributed by atoms with van der Waals surface area (Å²) in [6.07, 6.45) is -0.260. The number of carbonyl (C=O) groups is 2. The fourth-order valence-electron chi connectivity index (χ4n) is 1.97. The molecule has 2 N–H and O–H groups in total. The molecule has 0 bridgehead atoms. The van der Waals surface area contributed by atoms with Crippen LogP contribution in [0.1, 0.15) is 42.1 Å². The summed E-state index contributed by atoms with van der Waals surface area (Å²) in [5.74, 6) is -0.545. The minimum absolute atomic E-state index is 0.260. The summed E-state index contributed by atoms with van der Waals surface area (Å²) in [7, 11) is 3.07. The molecule has 0 amide bonds. The van der Waals surface area contributed by atoms with E-state index in [9.17, 15) is 9.59 Å². The third-order valence-electron chi connectivity index (χ3n) is 3.20. The number of benzene rings is 1. The fourth-order valence-corrected chi connectivity index (χ4v) is 1.97. The Balaban J connectivity index is 3.17. The molecule has 0 aromatic heterocycles. The summed E-state index contributed by atoms with van der Waals surface area (Å²) in [4.78, 5) is 23.3. The standard InChI is InChI=1S/C15H21NO4/c1-9(2)10-5-6-13(20-4)11(7-10)15(19)12(16-3)8-14(17)18/h5-7,9,12,16H,8H2,1-4H3,(H,17,18). The third kappa shape index (κ3) is 3.81. The van der Waals surface area contributed by atoms with Crippen molar-refractivity contribution < 1.29 is 19.4 Å². The van der Waals surface area contributed by atoms with Crippen molar-refractivity contribution in [2.75, 3.05) is 14.2 Å². The first kappa shape index (κ1) is 16.2. The van der Waals surface area contributed by atoms with Crippen molar-refractivity contribution in [3.63, 3.8) is 0 Å². The first-order valence-electron chi connectivity index (χ1n) is 6.51. The number of likely N-dealkylation sites (N-methyl/N-ethyl adjacent to an activating group) is 1. The molecule has 0 heterocycles. The number of rotatable bonds is 7. The van der Waals surface area contributed by atoms with E-state index in [1.807, 2.05) is 19.9 Å². The number of hydrogen-bond acceptors (Lipinski definition) is 4. The number of Topliss-reactive ketones (excluding diaryl/α,β-unsaturated/α-hetero) is 1. The van der Waals surface area contributed by atoms with E-state index in [1.54, 1.807) is 19.2 Å². The molecule has 1 aromatic rings. The smallest absolute Gasteiger partial charge is 0.305 e. The number of ether oxygens (including phenoxy) is 1. The van der Waals surface area contributed by atoms with Crippen LogP contribution in [0, 0.1) is 0 Å². The van der Waals surface area contributed by atoms with Crippen LogP contribution in [0.2, 0.25) is 0 Å². The highest BCUT2D eigenvalue weighted by Crippen LogP contribution is 2.25. The van der Waals surface area contributed by atoms with Gasteiger partial charge in [-0.15, -0.1) is 0 Å². The second-order valence-corrected chi connectivity index (χ2v) is 4.92. The molecule has 20 heavy (non-hydrogen) atoms. The van der Waals surface area contributed by atoms with Crippen molar-refractivity contribution in [3.8, 4) is 5.75 Å². The lowest BCUT2D eigenvalue weighted by Crippen LogP contribution is -2.36. The molecule has 0 aliphatic carbocycles. The Kier molecular flexibility index (Phi) is 5.70. The van der Waals surface area contributed by atoms with Gasteiger partial charge >= 0.3 is 5.97 Å². The molecule has 0 aliphatic heterocycles. The molecule has 0 saturated carbocycles. The lowest BCUT2D eigenvalue weighted by atomic mass is 9.95. The summed E-state index contributed by atoms with van der Waals surface area (Å²) >= 11 is 0. The van der Waals surface area contributed by atoms with Crippen molar-refractivity contribution >= 4 is 11.8 Å². The molecule has 110 valence electrons. The van der Waals surface area contributed by atoms with Crippen LogP contribution in [0.4, 0.5) is 0 Å². The van der Waals surface area contributed by atoms with Crippen LogP contribution in [0.15, 0.2) is 18.2 Å². The molecule has 1 rings (SSSR count). The normalized spacial score (nSPS) is 12.2. The molecule has 1 unspecified atom stereocenters. The van der Waals surface area contributed by atoms with E-state index in [-0.39, 0.29) is 18.1 Å². The number of nitrogens with one attached hydrogen (secondary N) is 1. The van der Waals surface area contributed by atoms with Crippen LogP contribution in [0.25, 0.3) is 0 Å². The van der Waals surface area contributed by atoms with Gasteiger partial charge in [-0.2, -0.15) is 0 Å². The van der Waals surface area contributed by atoms with Crippen molar-refractivity contribution in [1.82, 2.24) is 5.32 Å². The minimum Gasteiger partial charge on any atom is -0.496 e. The summed E-state index contributed by atoms with van der Waals surface area (Å²) in [6, 6.07) is 4.67. The number of ketones is 1. The van der Waals surface area contributed by atoms with Crippen molar-refractivity contribution in [2.24, 2.45) is 0 Å². The number of methoxy groups -OCH3 is 1. The Labute approximate surface area is 118 Å². The van der Waals surface area contributed by atoms with E-state index in [2.05, 4.69) is 5.32 Å². The van der Waals surface area contributed by atoms with Crippen LogP contribution in [0.3, 0.4) is 0 Å². The van der Waals surface area contributed by atoms with Crippen molar-refractivity contribution in [1.29, 1.82) is 0 Å². The molecule has 0 saturated heterocycles. The highest BCUT2D eigenvalue weighted by molar-refractivity contribution is 6.04. The summed E-state index contributed by atoms with van der Waals surface area (Å²) in [5, 5.41) is 11.6. The van der Waals surface area contributed by atoms with E-state index in [0.29, 0.717) is 11.3 Å². The molecular weight excluding hydrogens is 258 g/mol. The highest BCUT2D eigenvalue weighted by atomic mass is 16.5. The predicted molar refractivity (Wildman–Crippen MR) is 76.5 cm³/mol. The Hall–Kier alpha value is -1.88. The topological polar surface area (TPSA) is 75.6 Å². The van der Waals surface area contributed by atoms with E-state index in [1.165, 1.54) is 7.11 Å². The largest absolute Gasteiger partial charge is 0.496 e. The van der Waals surface area contributed by atoms with Gasteiger partial charge in [-0.3, -0.25) is 9.59 Å². The molecule has 1 atom stereocenters. The molecule has 1 aromatic carbocycles. The lowest BCUT2D eigenvalue weighted by Gasteiger charge is -2.16. The summed E-state index contributed by atoms with van der Waals surface area (Å²) in [6.45, 7) is 4.06. The average molecular weight is 279 g/mol. The zero-order chi connectivity index (χ0) is 15.3. The van der Waals surface area contributed by atoms with E-state index < -0.39 is 12.0 Å². The number of hydrogen-bond donors (Lipinski definition) is 2. The highest BCUT2D eigenvalue weighted by Gasteiger charge is 2.24. The van der Waals surface area contributed by atoms with Gasteiger partial charge in [0.15, 0.2) is 5.78 Å². The van der Waals surface area contributed by atoms with Gasteiger partial charge in [0.1, 0.15) is 5.75 Å². The molecule has 0 radical (unpaired) electrons. The monoisotopic (exact) mass is 279 g/mol. The maximum absolute atomic E-state index is 12.5. The quantitative estimate of drug-likeness (QED) is 0.747. The number of aliphatic carboxylic acids is 1. The van der Waals surface area contributed by atoms with Gasteiger partial charge < -0.3 is 15.2 Å². The van der Waals surface area contributed by atoms with Gasteiger partial charge in [-0.05, 0) is 30.7 Å². The van der Waals surface area contributed by atoms with Crippen molar-refractivity contribution in [3.05, 3.63) is 29.3 Å².